The van der Waals surface area contributed by atoms with Crippen molar-refractivity contribution in [2.75, 3.05) is 7.11 Å². The predicted molar refractivity (Wildman–Crippen MR) is 61.9 cm³/mol. The minimum Gasteiger partial charge on any atom is -0.496 e. The summed E-state index contributed by atoms with van der Waals surface area (Å²) in [5.41, 5.74) is 1.71. The average molecular weight is 204 g/mol. The van der Waals surface area contributed by atoms with Gasteiger partial charge in [0, 0.05) is 12.0 Å². The molecule has 0 radical (unpaired) electrons. The highest BCUT2D eigenvalue weighted by molar-refractivity contribution is 5.98. The lowest BCUT2D eigenvalue weighted by molar-refractivity contribution is -0.115. The van der Waals surface area contributed by atoms with E-state index >= 15 is 0 Å². The fourth-order valence-corrected chi connectivity index (χ4v) is 1.38. The van der Waals surface area contributed by atoms with Crippen LogP contribution in [0.4, 0.5) is 0 Å². The Bertz CT molecular complexity index is 378. The van der Waals surface area contributed by atoms with Crippen molar-refractivity contribution >= 4 is 11.9 Å². The van der Waals surface area contributed by atoms with Crippen LogP contribution in [0.1, 0.15) is 25.8 Å². The first-order valence-electron chi connectivity index (χ1n) is 5.03. The molecule has 0 unspecified atom stereocenters. The summed E-state index contributed by atoms with van der Waals surface area (Å²) in [5.74, 6) is 0.960. The summed E-state index contributed by atoms with van der Waals surface area (Å²) in [6.07, 6.45) is 2.40. The van der Waals surface area contributed by atoms with Crippen LogP contribution in [0.2, 0.25) is 0 Å². The van der Waals surface area contributed by atoms with Gasteiger partial charge in [0.2, 0.25) is 0 Å². The topological polar surface area (TPSA) is 26.3 Å². The normalized spacial score (nSPS) is 11.3. The van der Waals surface area contributed by atoms with Gasteiger partial charge in [-0.2, -0.15) is 0 Å². The minimum absolute atomic E-state index is 0.168. The summed E-state index contributed by atoms with van der Waals surface area (Å²) in [5, 5.41) is 0. The monoisotopic (exact) mass is 204 g/mol. The van der Waals surface area contributed by atoms with Gasteiger partial charge in [0.15, 0.2) is 5.78 Å². The van der Waals surface area contributed by atoms with Gasteiger partial charge in [-0.25, -0.2) is 0 Å². The van der Waals surface area contributed by atoms with E-state index in [4.69, 9.17) is 4.74 Å². The number of ether oxygens (including phenoxy) is 1. The number of Topliss-reactive ketones (excluding diaryl/α,β-unsaturated/α-hetero) is 1. The van der Waals surface area contributed by atoms with Crippen molar-refractivity contribution in [3.8, 4) is 5.75 Å². The summed E-state index contributed by atoms with van der Waals surface area (Å²) < 4.78 is 5.20. The lowest BCUT2D eigenvalue weighted by atomic mass is 10.1. The largest absolute Gasteiger partial charge is 0.496 e. The highest BCUT2D eigenvalue weighted by atomic mass is 16.5. The molecular formula is C13H16O2. The van der Waals surface area contributed by atoms with Gasteiger partial charge >= 0.3 is 0 Å². The molecule has 0 atom stereocenters. The standard InChI is InChI=1S/C13H16O2/c1-4-12(14)10(2)9-11-7-5-6-8-13(11)15-3/h5-9H,4H2,1-3H3. The zero-order valence-electron chi connectivity index (χ0n) is 9.41. The van der Waals surface area contributed by atoms with Gasteiger partial charge in [0.1, 0.15) is 5.75 Å². The first kappa shape index (κ1) is 11.5. The van der Waals surface area contributed by atoms with Crippen LogP contribution in [-0.2, 0) is 4.79 Å². The van der Waals surface area contributed by atoms with E-state index in [-0.39, 0.29) is 5.78 Å². The Morgan fingerprint density at radius 1 is 1.40 bits per heavy atom. The first-order chi connectivity index (χ1) is 7.19. The van der Waals surface area contributed by atoms with E-state index in [0.29, 0.717) is 6.42 Å². The van der Waals surface area contributed by atoms with E-state index < -0.39 is 0 Å². The molecule has 1 rings (SSSR count). The molecule has 0 spiro atoms. The van der Waals surface area contributed by atoms with E-state index in [2.05, 4.69) is 0 Å². The van der Waals surface area contributed by atoms with Gasteiger partial charge < -0.3 is 4.74 Å². The first-order valence-corrected chi connectivity index (χ1v) is 5.03. The number of carbonyl (C=O) groups excluding carboxylic acids is 1. The molecule has 2 heteroatoms. The van der Waals surface area contributed by atoms with Crippen molar-refractivity contribution in [1.29, 1.82) is 0 Å². The molecule has 0 aliphatic carbocycles. The van der Waals surface area contributed by atoms with Gasteiger partial charge in [-0.1, -0.05) is 25.1 Å². The molecule has 0 saturated carbocycles. The number of para-hydroxylation sites is 1. The highest BCUT2D eigenvalue weighted by Crippen LogP contribution is 2.20. The van der Waals surface area contributed by atoms with E-state index in [0.717, 1.165) is 16.9 Å². The van der Waals surface area contributed by atoms with Crippen LogP contribution in [0.5, 0.6) is 5.75 Å². The van der Waals surface area contributed by atoms with Crippen molar-refractivity contribution in [2.24, 2.45) is 0 Å². The highest BCUT2D eigenvalue weighted by Gasteiger charge is 2.03. The van der Waals surface area contributed by atoms with E-state index in [1.54, 1.807) is 7.11 Å². The molecule has 0 N–H and O–H groups in total. The molecule has 2 nitrogen and oxygen atoms in total. The third-order valence-electron chi connectivity index (χ3n) is 2.27. The molecule has 1 aromatic carbocycles. The molecule has 0 aromatic heterocycles. The SMILES string of the molecule is CCC(=O)C(C)=Cc1ccccc1OC. The van der Waals surface area contributed by atoms with Gasteiger partial charge in [0.05, 0.1) is 7.11 Å². The summed E-state index contributed by atoms with van der Waals surface area (Å²) in [7, 11) is 1.63. The molecule has 0 bridgehead atoms. The van der Waals surface area contributed by atoms with Crippen molar-refractivity contribution in [3.63, 3.8) is 0 Å². The molecule has 0 heterocycles. The number of ketones is 1. The molecule has 0 aliphatic rings. The Kier molecular flexibility index (Phi) is 4.10. The van der Waals surface area contributed by atoms with Gasteiger partial charge in [-0.3, -0.25) is 4.79 Å². The van der Waals surface area contributed by atoms with E-state index in [9.17, 15) is 4.79 Å². The Hall–Kier alpha value is -1.57. The van der Waals surface area contributed by atoms with Gasteiger partial charge in [0.25, 0.3) is 0 Å². The zero-order valence-corrected chi connectivity index (χ0v) is 9.41. The second-order valence-corrected chi connectivity index (χ2v) is 3.35. The zero-order chi connectivity index (χ0) is 11.3. The van der Waals surface area contributed by atoms with Crippen molar-refractivity contribution < 1.29 is 9.53 Å². The molecule has 15 heavy (non-hydrogen) atoms. The molecule has 0 saturated heterocycles. The van der Waals surface area contributed by atoms with Crippen LogP contribution in [0.25, 0.3) is 6.08 Å². The number of carbonyl (C=O) groups is 1. The van der Waals surface area contributed by atoms with Crippen molar-refractivity contribution in [3.05, 3.63) is 35.4 Å². The summed E-state index contributed by atoms with van der Waals surface area (Å²) in [4.78, 5) is 11.4. The summed E-state index contributed by atoms with van der Waals surface area (Å²) in [6.45, 7) is 3.69. The number of allylic oxidation sites excluding steroid dienone is 1. The Labute approximate surface area is 90.6 Å². The smallest absolute Gasteiger partial charge is 0.158 e. The summed E-state index contributed by atoms with van der Waals surface area (Å²) >= 11 is 0. The Morgan fingerprint density at radius 3 is 2.67 bits per heavy atom. The summed E-state index contributed by atoms with van der Waals surface area (Å²) in [6, 6.07) is 7.66. The number of rotatable bonds is 4. The lowest BCUT2D eigenvalue weighted by Gasteiger charge is -2.04. The fraction of sp³-hybridized carbons (Fsp3) is 0.308. The van der Waals surface area contributed by atoms with Crippen LogP contribution >= 0.6 is 0 Å². The molecule has 0 amide bonds. The quantitative estimate of drug-likeness (QED) is 0.704. The van der Waals surface area contributed by atoms with Crippen LogP contribution in [0.15, 0.2) is 29.8 Å². The molecule has 0 fully saturated rings. The molecule has 0 aliphatic heterocycles. The van der Waals surface area contributed by atoms with Crippen molar-refractivity contribution in [2.45, 2.75) is 20.3 Å². The van der Waals surface area contributed by atoms with Gasteiger partial charge in [-0.05, 0) is 24.6 Å². The Morgan fingerprint density at radius 2 is 2.07 bits per heavy atom. The molecular weight excluding hydrogens is 188 g/mol. The lowest BCUT2D eigenvalue weighted by Crippen LogP contribution is -1.96. The fourth-order valence-electron chi connectivity index (χ4n) is 1.38. The second-order valence-electron chi connectivity index (χ2n) is 3.35. The maximum atomic E-state index is 11.4. The van der Waals surface area contributed by atoms with Gasteiger partial charge in [-0.15, -0.1) is 0 Å². The molecule has 1 aromatic rings. The number of benzene rings is 1. The van der Waals surface area contributed by atoms with Crippen LogP contribution in [0.3, 0.4) is 0 Å². The molecule has 80 valence electrons. The second kappa shape index (κ2) is 5.35. The maximum absolute atomic E-state index is 11.4. The predicted octanol–water partition coefficient (Wildman–Crippen LogP) is 3.08. The van der Waals surface area contributed by atoms with Crippen LogP contribution in [-0.4, -0.2) is 12.9 Å². The van der Waals surface area contributed by atoms with Crippen molar-refractivity contribution in [1.82, 2.24) is 0 Å². The third kappa shape index (κ3) is 2.94. The Balaban J connectivity index is 3.02. The maximum Gasteiger partial charge on any atom is 0.158 e. The van der Waals surface area contributed by atoms with E-state index in [1.165, 1.54) is 0 Å². The van der Waals surface area contributed by atoms with E-state index in [1.807, 2.05) is 44.2 Å². The average Bonchev–Trinajstić information content (AvgIpc) is 2.28. The number of methoxy groups -OCH3 is 1. The number of hydrogen-bond donors (Lipinski definition) is 0. The van der Waals surface area contributed by atoms with Crippen LogP contribution < -0.4 is 4.74 Å². The third-order valence-corrected chi connectivity index (χ3v) is 2.27. The van der Waals surface area contributed by atoms with Crippen LogP contribution in [0, 0.1) is 0 Å². The number of hydrogen-bond acceptors (Lipinski definition) is 2. The minimum atomic E-state index is 0.168.